The molecule has 1 aliphatic rings. The smallest absolute Gasteiger partial charge is 0.270 e. The van der Waals surface area contributed by atoms with Gasteiger partial charge in [0, 0.05) is 17.2 Å². The molecule has 2 N–H and O–H groups in total. The van der Waals surface area contributed by atoms with Crippen molar-refractivity contribution in [3.8, 4) is 0 Å². The molecular weight excluding hydrogens is 414 g/mol. The van der Waals surface area contributed by atoms with Gasteiger partial charge in [0.15, 0.2) is 0 Å². The molecule has 0 unspecified atom stereocenters. The first kappa shape index (κ1) is 22.6. The predicted molar refractivity (Wildman–Crippen MR) is 127 cm³/mol. The lowest BCUT2D eigenvalue weighted by molar-refractivity contribution is -0.917. The molecule has 0 saturated carbocycles. The van der Waals surface area contributed by atoms with Gasteiger partial charge in [-0.15, -0.1) is 0 Å². The Labute approximate surface area is 194 Å². The molecule has 0 aliphatic carbocycles. The van der Waals surface area contributed by atoms with Crippen molar-refractivity contribution in [2.45, 2.75) is 20.4 Å². The van der Waals surface area contributed by atoms with E-state index < -0.39 is 0 Å². The van der Waals surface area contributed by atoms with Gasteiger partial charge in [-0.3, -0.25) is 9.59 Å². The first-order valence-electron chi connectivity index (χ1n) is 11.3. The number of carbonyl (C=O) groups is 2. The van der Waals surface area contributed by atoms with E-state index in [0.717, 1.165) is 30.8 Å². The highest BCUT2D eigenvalue weighted by Gasteiger charge is 2.27. The summed E-state index contributed by atoms with van der Waals surface area (Å²) in [6.45, 7) is 7.91. The number of quaternary nitrogens is 1. The first-order chi connectivity index (χ1) is 16.0. The maximum Gasteiger partial charge on any atom is 0.270 e. The van der Waals surface area contributed by atoms with E-state index in [1.54, 1.807) is 30.5 Å². The third-order valence-electron chi connectivity index (χ3n) is 6.13. The van der Waals surface area contributed by atoms with E-state index in [-0.39, 0.29) is 17.5 Å². The second-order valence-electron chi connectivity index (χ2n) is 8.53. The van der Waals surface area contributed by atoms with Gasteiger partial charge in [-0.2, -0.15) is 0 Å². The van der Waals surface area contributed by atoms with E-state index in [0.29, 0.717) is 24.4 Å². The van der Waals surface area contributed by atoms with Crippen molar-refractivity contribution in [3.05, 3.63) is 101 Å². The zero-order chi connectivity index (χ0) is 23.2. The van der Waals surface area contributed by atoms with Crippen LogP contribution < -0.4 is 10.2 Å². The van der Waals surface area contributed by atoms with Crippen LogP contribution >= 0.6 is 0 Å². The summed E-state index contributed by atoms with van der Waals surface area (Å²) in [6, 6.07) is 19.4. The Bertz CT molecular complexity index is 1130. The quantitative estimate of drug-likeness (QED) is 0.575. The summed E-state index contributed by atoms with van der Waals surface area (Å²) in [6.07, 6.45) is 3.15. The fourth-order valence-corrected chi connectivity index (χ4v) is 4.00. The summed E-state index contributed by atoms with van der Waals surface area (Å²) < 4.78 is 5.40. The molecular formula is C27H30N3O3+. The van der Waals surface area contributed by atoms with Crippen LogP contribution in [0.1, 0.15) is 32.8 Å². The molecule has 1 saturated heterocycles. The largest absolute Gasteiger partial charge is 0.465 e. The van der Waals surface area contributed by atoms with E-state index in [1.165, 1.54) is 10.5 Å². The summed E-state index contributed by atoms with van der Waals surface area (Å²) in [5.41, 5.74) is 4.19. The minimum atomic E-state index is -0.308. The van der Waals surface area contributed by atoms with Crippen molar-refractivity contribution in [1.29, 1.82) is 0 Å². The van der Waals surface area contributed by atoms with Crippen LogP contribution in [0.15, 0.2) is 77.0 Å². The monoisotopic (exact) mass is 444 g/mol. The Morgan fingerprint density at radius 3 is 2.42 bits per heavy atom. The van der Waals surface area contributed by atoms with Crippen LogP contribution in [0.2, 0.25) is 0 Å². The number of nitrogens with zero attached hydrogens (tertiary/aromatic N) is 1. The van der Waals surface area contributed by atoms with Crippen LogP contribution in [-0.2, 0) is 11.3 Å². The Morgan fingerprint density at radius 1 is 1.00 bits per heavy atom. The summed E-state index contributed by atoms with van der Waals surface area (Å²) in [5, 5.41) is 2.83. The van der Waals surface area contributed by atoms with E-state index in [4.69, 9.17) is 4.42 Å². The van der Waals surface area contributed by atoms with Crippen molar-refractivity contribution in [2.75, 3.05) is 26.2 Å². The molecule has 1 fully saturated rings. The summed E-state index contributed by atoms with van der Waals surface area (Å²) in [7, 11) is 0. The number of rotatable bonds is 6. The molecule has 6 heteroatoms. The van der Waals surface area contributed by atoms with Crippen LogP contribution in [-0.4, -0.2) is 42.9 Å². The molecule has 170 valence electrons. The number of furan rings is 1. The SMILES string of the molecule is Cc1ccc(C(=O)N/C(=C\c2ccco2)C(=O)N2CC[NH+](Cc3ccccc3)CC2)cc1C. The molecule has 0 bridgehead atoms. The van der Waals surface area contributed by atoms with Crippen molar-refractivity contribution < 1.29 is 18.9 Å². The van der Waals surface area contributed by atoms with E-state index in [1.807, 2.05) is 36.9 Å². The topological polar surface area (TPSA) is 67.0 Å². The molecule has 0 radical (unpaired) electrons. The lowest BCUT2D eigenvalue weighted by Crippen LogP contribution is -3.13. The van der Waals surface area contributed by atoms with Gasteiger partial charge in [-0.1, -0.05) is 36.4 Å². The summed E-state index contributed by atoms with van der Waals surface area (Å²) in [4.78, 5) is 29.6. The van der Waals surface area contributed by atoms with Crippen molar-refractivity contribution in [1.82, 2.24) is 10.2 Å². The molecule has 6 nitrogen and oxygen atoms in total. The number of piperazine rings is 1. The van der Waals surface area contributed by atoms with Crippen LogP contribution in [0, 0.1) is 13.8 Å². The van der Waals surface area contributed by atoms with Gasteiger partial charge in [0.05, 0.1) is 32.4 Å². The number of benzene rings is 2. The number of nitrogens with one attached hydrogen (secondary N) is 2. The van der Waals surface area contributed by atoms with Gasteiger partial charge >= 0.3 is 0 Å². The lowest BCUT2D eigenvalue weighted by Gasteiger charge is -2.32. The zero-order valence-corrected chi connectivity index (χ0v) is 19.1. The Balaban J connectivity index is 1.45. The average molecular weight is 445 g/mol. The molecule has 0 atom stereocenters. The minimum absolute atomic E-state index is 0.192. The fraction of sp³-hybridized carbons (Fsp3) is 0.259. The Kier molecular flexibility index (Phi) is 7.05. The highest BCUT2D eigenvalue weighted by atomic mass is 16.3. The predicted octanol–water partition coefficient (Wildman–Crippen LogP) is 2.59. The Hall–Kier alpha value is -3.64. The normalized spacial score (nSPS) is 14.8. The minimum Gasteiger partial charge on any atom is -0.465 e. The van der Waals surface area contributed by atoms with Crippen LogP contribution in [0.3, 0.4) is 0 Å². The highest BCUT2D eigenvalue weighted by Crippen LogP contribution is 2.13. The number of aryl methyl sites for hydroxylation is 2. The fourth-order valence-electron chi connectivity index (χ4n) is 4.00. The van der Waals surface area contributed by atoms with Crippen LogP contribution in [0.4, 0.5) is 0 Å². The number of amides is 2. The van der Waals surface area contributed by atoms with Gasteiger partial charge in [0.1, 0.15) is 18.0 Å². The molecule has 1 aromatic heterocycles. The van der Waals surface area contributed by atoms with Crippen molar-refractivity contribution in [3.63, 3.8) is 0 Å². The standard InChI is InChI=1S/C27H29N3O3/c1-20-10-11-23(17-21(20)2)26(31)28-25(18-24-9-6-16-33-24)27(32)30-14-12-29(13-15-30)19-22-7-4-3-5-8-22/h3-11,16-18H,12-15,19H2,1-2H3,(H,28,31)/p+1/b25-18-. The number of carbonyl (C=O) groups excluding carboxylic acids is 2. The van der Waals surface area contributed by atoms with Crippen LogP contribution in [0.5, 0.6) is 0 Å². The van der Waals surface area contributed by atoms with Crippen molar-refractivity contribution in [2.24, 2.45) is 0 Å². The maximum atomic E-state index is 13.4. The van der Waals surface area contributed by atoms with Gasteiger partial charge in [0.25, 0.3) is 11.8 Å². The number of hydrogen-bond donors (Lipinski definition) is 2. The van der Waals surface area contributed by atoms with Gasteiger partial charge < -0.3 is 19.5 Å². The molecule has 3 aromatic rings. The van der Waals surface area contributed by atoms with Gasteiger partial charge in [-0.25, -0.2) is 0 Å². The molecule has 0 spiro atoms. The Morgan fingerprint density at radius 2 is 1.76 bits per heavy atom. The van der Waals surface area contributed by atoms with Gasteiger partial charge in [0.2, 0.25) is 0 Å². The maximum absolute atomic E-state index is 13.4. The number of hydrogen-bond acceptors (Lipinski definition) is 3. The summed E-state index contributed by atoms with van der Waals surface area (Å²) in [5.74, 6) is 0.0204. The van der Waals surface area contributed by atoms with Crippen molar-refractivity contribution >= 4 is 17.9 Å². The molecule has 2 aromatic carbocycles. The molecule has 1 aliphatic heterocycles. The van der Waals surface area contributed by atoms with Crippen LogP contribution in [0.25, 0.3) is 6.08 Å². The second kappa shape index (κ2) is 10.3. The highest BCUT2D eigenvalue weighted by molar-refractivity contribution is 6.05. The molecule has 2 amide bonds. The average Bonchev–Trinajstić information content (AvgIpc) is 3.34. The summed E-state index contributed by atoms with van der Waals surface area (Å²) >= 11 is 0. The second-order valence-corrected chi connectivity index (χ2v) is 8.53. The molecule has 2 heterocycles. The first-order valence-corrected chi connectivity index (χ1v) is 11.3. The van der Waals surface area contributed by atoms with E-state index in [9.17, 15) is 9.59 Å². The third kappa shape index (κ3) is 5.79. The zero-order valence-electron chi connectivity index (χ0n) is 19.1. The van der Waals surface area contributed by atoms with E-state index >= 15 is 0 Å². The lowest BCUT2D eigenvalue weighted by atomic mass is 10.1. The molecule has 33 heavy (non-hydrogen) atoms. The van der Waals surface area contributed by atoms with Gasteiger partial charge in [-0.05, 0) is 49.2 Å². The molecule has 4 rings (SSSR count). The third-order valence-corrected chi connectivity index (χ3v) is 6.13. The van der Waals surface area contributed by atoms with E-state index in [2.05, 4.69) is 29.6 Å².